The van der Waals surface area contributed by atoms with Crippen LogP contribution < -0.4 is 4.74 Å². The van der Waals surface area contributed by atoms with Gasteiger partial charge in [0.1, 0.15) is 11.8 Å². The number of para-hydroxylation sites is 1. The van der Waals surface area contributed by atoms with Crippen molar-refractivity contribution < 1.29 is 28.2 Å². The molecule has 0 aliphatic carbocycles. The molecule has 0 saturated carbocycles. The van der Waals surface area contributed by atoms with Crippen LogP contribution in [0.4, 0.5) is 8.78 Å². The number of alkyl halides is 2. The maximum atomic E-state index is 12.2. The number of aliphatic carboxylic acids is 1. The molecule has 0 bridgehead atoms. The summed E-state index contributed by atoms with van der Waals surface area (Å²) in [4.78, 5) is 23.8. The first-order chi connectivity index (χ1) is 8.84. The summed E-state index contributed by atoms with van der Waals surface area (Å²) in [6.07, 6.45) is 0. The van der Waals surface area contributed by atoms with Crippen LogP contribution in [0, 0.1) is 0 Å². The zero-order chi connectivity index (χ0) is 14.6. The van der Waals surface area contributed by atoms with E-state index in [0.29, 0.717) is 0 Å². The number of rotatable bonds is 5. The van der Waals surface area contributed by atoms with Crippen molar-refractivity contribution in [1.29, 1.82) is 0 Å². The van der Waals surface area contributed by atoms with Crippen LogP contribution in [-0.4, -0.2) is 41.6 Å². The van der Waals surface area contributed by atoms with Gasteiger partial charge in [-0.3, -0.25) is 4.79 Å². The van der Waals surface area contributed by atoms with Gasteiger partial charge in [-0.2, -0.15) is 8.78 Å². The molecule has 1 aromatic rings. The van der Waals surface area contributed by atoms with Crippen LogP contribution in [0.15, 0.2) is 24.3 Å². The molecule has 0 aliphatic rings. The Morgan fingerprint density at radius 1 is 1.32 bits per heavy atom. The number of hydrogen-bond acceptors (Lipinski definition) is 3. The minimum atomic E-state index is -3.06. The number of benzene rings is 1. The van der Waals surface area contributed by atoms with Crippen molar-refractivity contribution in [2.24, 2.45) is 0 Å². The highest BCUT2D eigenvalue weighted by Gasteiger charge is 2.25. The van der Waals surface area contributed by atoms with Crippen molar-refractivity contribution in [2.75, 3.05) is 7.05 Å². The Morgan fingerprint density at radius 3 is 2.42 bits per heavy atom. The first kappa shape index (κ1) is 14.9. The zero-order valence-corrected chi connectivity index (χ0v) is 10.3. The summed E-state index contributed by atoms with van der Waals surface area (Å²) >= 11 is 0. The third-order valence-electron chi connectivity index (χ3n) is 2.59. The van der Waals surface area contributed by atoms with E-state index in [4.69, 9.17) is 5.11 Å². The molecule has 1 aromatic carbocycles. The maximum absolute atomic E-state index is 12.2. The number of nitrogens with zero attached hydrogens (tertiary/aromatic N) is 1. The standard InChI is InChI=1S/C12H13F2NO4/c1-7(11(17)18)15(2)10(16)8-5-3-4-6-9(8)19-12(13)14/h3-7,12H,1-2H3,(H,17,18). The second kappa shape index (κ2) is 6.12. The first-order valence-corrected chi connectivity index (χ1v) is 5.38. The van der Waals surface area contributed by atoms with Gasteiger partial charge in [-0.05, 0) is 19.1 Å². The fourth-order valence-electron chi connectivity index (χ4n) is 1.37. The van der Waals surface area contributed by atoms with Gasteiger partial charge >= 0.3 is 12.6 Å². The van der Waals surface area contributed by atoms with Gasteiger partial charge in [0.2, 0.25) is 0 Å². The van der Waals surface area contributed by atoms with Crippen LogP contribution in [-0.2, 0) is 4.79 Å². The van der Waals surface area contributed by atoms with E-state index in [1.165, 1.54) is 38.2 Å². The van der Waals surface area contributed by atoms with Crippen molar-refractivity contribution >= 4 is 11.9 Å². The number of hydrogen-bond donors (Lipinski definition) is 1. The number of likely N-dealkylation sites (N-methyl/N-ethyl adjacent to an activating group) is 1. The molecule has 1 amide bonds. The number of halogens is 2. The highest BCUT2D eigenvalue weighted by atomic mass is 19.3. The number of carboxylic acids is 1. The van der Waals surface area contributed by atoms with Crippen LogP contribution in [0.1, 0.15) is 17.3 Å². The molecule has 0 radical (unpaired) electrons. The Labute approximate surface area is 108 Å². The van der Waals surface area contributed by atoms with Gasteiger partial charge in [0, 0.05) is 7.05 Å². The first-order valence-electron chi connectivity index (χ1n) is 5.38. The Balaban J connectivity index is 3.02. The predicted octanol–water partition coefficient (Wildman–Crippen LogP) is 1.83. The summed E-state index contributed by atoms with van der Waals surface area (Å²) in [5, 5.41) is 8.82. The lowest BCUT2D eigenvalue weighted by molar-refractivity contribution is -0.141. The average molecular weight is 273 g/mol. The van der Waals surface area contributed by atoms with Gasteiger partial charge in [0.05, 0.1) is 5.56 Å². The molecular formula is C12H13F2NO4. The van der Waals surface area contributed by atoms with Crippen LogP contribution in [0.25, 0.3) is 0 Å². The Kier molecular flexibility index (Phi) is 4.80. The van der Waals surface area contributed by atoms with Crippen molar-refractivity contribution in [3.63, 3.8) is 0 Å². The number of amides is 1. The quantitative estimate of drug-likeness (QED) is 0.888. The molecule has 104 valence electrons. The Morgan fingerprint density at radius 2 is 1.89 bits per heavy atom. The molecule has 1 atom stereocenters. The lowest BCUT2D eigenvalue weighted by Gasteiger charge is -2.22. The minimum Gasteiger partial charge on any atom is -0.480 e. The van der Waals surface area contributed by atoms with E-state index in [0.717, 1.165) is 4.90 Å². The normalized spacial score (nSPS) is 12.1. The van der Waals surface area contributed by atoms with Gasteiger partial charge < -0.3 is 14.7 Å². The smallest absolute Gasteiger partial charge is 0.387 e. The molecule has 1 N–H and O–H groups in total. The van der Waals surface area contributed by atoms with E-state index in [-0.39, 0.29) is 11.3 Å². The fraction of sp³-hybridized carbons (Fsp3) is 0.333. The van der Waals surface area contributed by atoms with E-state index in [2.05, 4.69) is 4.74 Å². The van der Waals surface area contributed by atoms with Crippen LogP contribution >= 0.6 is 0 Å². The van der Waals surface area contributed by atoms with Crippen molar-refractivity contribution in [3.05, 3.63) is 29.8 Å². The van der Waals surface area contributed by atoms with E-state index in [1.54, 1.807) is 0 Å². The van der Waals surface area contributed by atoms with E-state index < -0.39 is 24.5 Å². The fourth-order valence-corrected chi connectivity index (χ4v) is 1.37. The molecule has 0 spiro atoms. The van der Waals surface area contributed by atoms with E-state index in [1.807, 2.05) is 0 Å². The van der Waals surface area contributed by atoms with Gasteiger partial charge in [0.15, 0.2) is 0 Å². The monoisotopic (exact) mass is 273 g/mol. The third-order valence-corrected chi connectivity index (χ3v) is 2.59. The van der Waals surface area contributed by atoms with Crippen LogP contribution in [0.2, 0.25) is 0 Å². The van der Waals surface area contributed by atoms with Gasteiger partial charge in [-0.15, -0.1) is 0 Å². The average Bonchev–Trinajstić information content (AvgIpc) is 2.36. The minimum absolute atomic E-state index is 0.113. The van der Waals surface area contributed by atoms with Crippen LogP contribution in [0.5, 0.6) is 5.75 Å². The highest BCUT2D eigenvalue weighted by molar-refractivity contribution is 5.98. The van der Waals surface area contributed by atoms with Crippen molar-refractivity contribution in [3.8, 4) is 5.75 Å². The lowest BCUT2D eigenvalue weighted by atomic mass is 10.1. The number of carbonyl (C=O) groups is 2. The lowest BCUT2D eigenvalue weighted by Crippen LogP contribution is -2.40. The molecule has 1 rings (SSSR count). The largest absolute Gasteiger partial charge is 0.480 e. The summed E-state index contributed by atoms with van der Waals surface area (Å²) in [7, 11) is 1.28. The number of carboxylic acid groups (broad SMARTS) is 1. The molecule has 0 heterocycles. The van der Waals surface area contributed by atoms with Crippen molar-refractivity contribution in [2.45, 2.75) is 19.6 Å². The zero-order valence-electron chi connectivity index (χ0n) is 10.3. The second-order valence-corrected chi connectivity index (χ2v) is 3.80. The maximum Gasteiger partial charge on any atom is 0.387 e. The number of ether oxygens (including phenoxy) is 1. The Hall–Kier alpha value is -2.18. The van der Waals surface area contributed by atoms with Crippen LogP contribution in [0.3, 0.4) is 0 Å². The van der Waals surface area contributed by atoms with Gasteiger partial charge in [-0.1, -0.05) is 12.1 Å². The summed E-state index contributed by atoms with van der Waals surface area (Å²) in [6.45, 7) is -1.74. The molecule has 0 saturated heterocycles. The van der Waals surface area contributed by atoms with E-state index >= 15 is 0 Å². The van der Waals surface area contributed by atoms with Crippen molar-refractivity contribution in [1.82, 2.24) is 4.90 Å². The molecule has 0 aromatic heterocycles. The van der Waals surface area contributed by atoms with Gasteiger partial charge in [0.25, 0.3) is 5.91 Å². The molecule has 7 heteroatoms. The molecule has 0 aliphatic heterocycles. The highest BCUT2D eigenvalue weighted by Crippen LogP contribution is 2.22. The molecule has 5 nitrogen and oxygen atoms in total. The summed E-state index contributed by atoms with van der Waals surface area (Å²) in [5.41, 5.74) is -0.113. The predicted molar refractivity (Wildman–Crippen MR) is 62.3 cm³/mol. The SMILES string of the molecule is CC(C(=O)O)N(C)C(=O)c1ccccc1OC(F)F. The van der Waals surface area contributed by atoms with E-state index in [9.17, 15) is 18.4 Å². The second-order valence-electron chi connectivity index (χ2n) is 3.80. The molecule has 19 heavy (non-hydrogen) atoms. The topological polar surface area (TPSA) is 66.8 Å². The Bertz CT molecular complexity index is 479. The summed E-state index contributed by atoms with van der Waals surface area (Å²) < 4.78 is 28.6. The number of carbonyl (C=O) groups excluding carboxylic acids is 1. The third kappa shape index (κ3) is 3.64. The molecular weight excluding hydrogens is 260 g/mol. The molecule has 0 fully saturated rings. The van der Waals surface area contributed by atoms with Gasteiger partial charge in [-0.25, -0.2) is 4.79 Å². The summed E-state index contributed by atoms with van der Waals surface area (Å²) in [6, 6.07) is 4.36. The molecule has 1 unspecified atom stereocenters. The summed E-state index contributed by atoms with van der Waals surface area (Å²) in [5.74, 6) is -2.18.